The lowest BCUT2D eigenvalue weighted by molar-refractivity contribution is -0.134. The maximum Gasteiger partial charge on any atom is 0.253 e. The molecule has 2 amide bonds. The highest BCUT2D eigenvalue weighted by atomic mass is 79.9. The minimum Gasteiger partial charge on any atom is -0.338 e. The summed E-state index contributed by atoms with van der Waals surface area (Å²) in [6.45, 7) is 3.39. The standard InChI is InChI=1S/C16H20BrN3O2/c17-13-5-3-12(4-6-13)15(21)19-8-10-20(11-9-19)16(22)14-2-1-7-18-14/h3-6,14,18H,1-2,7-11H2. The van der Waals surface area contributed by atoms with Crippen molar-refractivity contribution in [2.75, 3.05) is 32.7 Å². The maximum absolute atomic E-state index is 12.4. The molecule has 0 saturated carbocycles. The van der Waals surface area contributed by atoms with Crippen LogP contribution < -0.4 is 5.32 Å². The summed E-state index contributed by atoms with van der Waals surface area (Å²) in [6, 6.07) is 7.38. The van der Waals surface area contributed by atoms with E-state index in [1.807, 2.05) is 34.1 Å². The molecule has 5 nitrogen and oxygen atoms in total. The van der Waals surface area contributed by atoms with Crippen molar-refractivity contribution in [1.29, 1.82) is 0 Å². The van der Waals surface area contributed by atoms with Gasteiger partial charge in [0.2, 0.25) is 5.91 Å². The fourth-order valence-corrected chi connectivity index (χ4v) is 3.29. The predicted octanol–water partition coefficient (Wildman–Crippen LogP) is 1.49. The highest BCUT2D eigenvalue weighted by molar-refractivity contribution is 9.10. The van der Waals surface area contributed by atoms with Crippen LogP contribution in [0, 0.1) is 0 Å². The molecular formula is C16H20BrN3O2. The zero-order valence-corrected chi connectivity index (χ0v) is 14.0. The number of amides is 2. The summed E-state index contributed by atoms with van der Waals surface area (Å²) >= 11 is 3.37. The van der Waals surface area contributed by atoms with Gasteiger partial charge in [0.25, 0.3) is 5.91 Å². The van der Waals surface area contributed by atoms with Crippen LogP contribution in [0.5, 0.6) is 0 Å². The van der Waals surface area contributed by atoms with Gasteiger partial charge >= 0.3 is 0 Å². The van der Waals surface area contributed by atoms with Gasteiger partial charge in [0.05, 0.1) is 6.04 Å². The second kappa shape index (κ2) is 6.79. The molecule has 118 valence electrons. The second-order valence-corrected chi connectivity index (χ2v) is 6.69. The largest absolute Gasteiger partial charge is 0.338 e. The number of halogens is 1. The molecule has 3 rings (SSSR count). The van der Waals surface area contributed by atoms with Crippen molar-refractivity contribution in [3.63, 3.8) is 0 Å². The molecule has 2 aliphatic rings. The SMILES string of the molecule is O=C(c1ccc(Br)cc1)N1CCN(C(=O)C2CCCN2)CC1. The Hall–Kier alpha value is -1.40. The summed E-state index contributed by atoms with van der Waals surface area (Å²) in [5.41, 5.74) is 0.695. The molecule has 1 aromatic rings. The van der Waals surface area contributed by atoms with Gasteiger partial charge in [0.1, 0.15) is 0 Å². The third-order valence-corrected chi connectivity index (χ3v) is 4.86. The first-order valence-corrected chi connectivity index (χ1v) is 8.51. The van der Waals surface area contributed by atoms with Crippen molar-refractivity contribution in [3.05, 3.63) is 34.3 Å². The Labute approximate surface area is 138 Å². The number of nitrogens with zero attached hydrogens (tertiary/aromatic N) is 2. The smallest absolute Gasteiger partial charge is 0.253 e. The van der Waals surface area contributed by atoms with Crippen molar-refractivity contribution in [2.45, 2.75) is 18.9 Å². The van der Waals surface area contributed by atoms with Crippen molar-refractivity contribution in [3.8, 4) is 0 Å². The highest BCUT2D eigenvalue weighted by Crippen LogP contribution is 2.15. The number of piperazine rings is 1. The van der Waals surface area contributed by atoms with Crippen molar-refractivity contribution >= 4 is 27.7 Å². The van der Waals surface area contributed by atoms with Crippen LogP contribution >= 0.6 is 15.9 Å². The molecule has 1 atom stereocenters. The molecule has 1 unspecified atom stereocenters. The van der Waals surface area contributed by atoms with Crippen LogP contribution in [-0.2, 0) is 4.79 Å². The van der Waals surface area contributed by atoms with Crippen LogP contribution in [0.4, 0.5) is 0 Å². The monoisotopic (exact) mass is 365 g/mol. The van der Waals surface area contributed by atoms with Crippen molar-refractivity contribution in [1.82, 2.24) is 15.1 Å². The van der Waals surface area contributed by atoms with E-state index in [9.17, 15) is 9.59 Å². The maximum atomic E-state index is 12.4. The fourth-order valence-electron chi connectivity index (χ4n) is 3.02. The number of hydrogen-bond acceptors (Lipinski definition) is 3. The number of carbonyl (C=O) groups excluding carboxylic acids is 2. The summed E-state index contributed by atoms with van der Waals surface area (Å²) in [5.74, 6) is 0.229. The van der Waals surface area contributed by atoms with Gasteiger partial charge in [0.15, 0.2) is 0 Å². The van der Waals surface area contributed by atoms with Crippen molar-refractivity contribution in [2.24, 2.45) is 0 Å². The lowest BCUT2D eigenvalue weighted by Crippen LogP contribution is -2.54. The Morgan fingerprint density at radius 2 is 1.68 bits per heavy atom. The molecule has 0 bridgehead atoms. The molecule has 0 aromatic heterocycles. The topological polar surface area (TPSA) is 52.7 Å². The average Bonchev–Trinajstić information content (AvgIpc) is 3.09. The highest BCUT2D eigenvalue weighted by Gasteiger charge is 2.30. The molecule has 0 spiro atoms. The Kier molecular flexibility index (Phi) is 4.78. The molecule has 2 fully saturated rings. The number of rotatable bonds is 2. The summed E-state index contributed by atoms with van der Waals surface area (Å²) in [4.78, 5) is 28.5. The second-order valence-electron chi connectivity index (χ2n) is 5.77. The van der Waals surface area contributed by atoms with E-state index >= 15 is 0 Å². The van der Waals surface area contributed by atoms with Crippen molar-refractivity contribution < 1.29 is 9.59 Å². The molecule has 0 aliphatic carbocycles. The predicted molar refractivity (Wildman–Crippen MR) is 87.7 cm³/mol. The Morgan fingerprint density at radius 1 is 1.05 bits per heavy atom. The minimum absolute atomic E-state index is 0.0197. The van der Waals surface area contributed by atoms with Crippen LogP contribution in [-0.4, -0.2) is 60.4 Å². The Balaban J connectivity index is 1.56. The molecule has 2 heterocycles. The lowest BCUT2D eigenvalue weighted by atomic mass is 10.1. The minimum atomic E-state index is -0.0197. The average molecular weight is 366 g/mol. The first-order chi connectivity index (χ1) is 10.6. The molecule has 1 aromatic carbocycles. The molecule has 0 radical (unpaired) electrons. The third-order valence-electron chi connectivity index (χ3n) is 4.33. The van der Waals surface area contributed by atoms with E-state index in [1.165, 1.54) is 0 Å². The molecule has 2 saturated heterocycles. The fraction of sp³-hybridized carbons (Fsp3) is 0.500. The first kappa shape index (κ1) is 15.5. The third kappa shape index (κ3) is 3.33. The van der Waals surface area contributed by atoms with Gasteiger partial charge in [-0.1, -0.05) is 15.9 Å². The van der Waals surface area contributed by atoms with Gasteiger partial charge in [0, 0.05) is 36.2 Å². The summed E-state index contributed by atoms with van der Waals surface area (Å²) in [5, 5.41) is 3.24. The van der Waals surface area contributed by atoms with E-state index in [-0.39, 0.29) is 17.9 Å². The van der Waals surface area contributed by atoms with E-state index in [4.69, 9.17) is 0 Å². The first-order valence-electron chi connectivity index (χ1n) is 7.72. The van der Waals surface area contributed by atoms with E-state index in [2.05, 4.69) is 21.2 Å². The van der Waals surface area contributed by atoms with Crippen LogP contribution in [0.1, 0.15) is 23.2 Å². The van der Waals surface area contributed by atoms with E-state index in [1.54, 1.807) is 0 Å². The van der Waals surface area contributed by atoms with Gasteiger partial charge in [-0.15, -0.1) is 0 Å². The van der Waals surface area contributed by atoms with E-state index < -0.39 is 0 Å². The molecular weight excluding hydrogens is 346 g/mol. The van der Waals surface area contributed by atoms with E-state index in [0.717, 1.165) is 23.9 Å². The van der Waals surface area contributed by atoms with Crippen LogP contribution in [0.25, 0.3) is 0 Å². The van der Waals surface area contributed by atoms with Gasteiger partial charge in [-0.05, 0) is 43.7 Å². The van der Waals surface area contributed by atoms with Crippen LogP contribution in [0.2, 0.25) is 0 Å². The van der Waals surface area contributed by atoms with E-state index in [0.29, 0.717) is 31.7 Å². The summed E-state index contributed by atoms with van der Waals surface area (Å²) in [6.07, 6.45) is 2.00. The molecule has 6 heteroatoms. The Bertz CT molecular complexity index is 547. The molecule has 2 aliphatic heterocycles. The Morgan fingerprint density at radius 3 is 2.27 bits per heavy atom. The molecule has 1 N–H and O–H groups in total. The zero-order valence-electron chi connectivity index (χ0n) is 12.4. The number of hydrogen-bond donors (Lipinski definition) is 1. The lowest BCUT2D eigenvalue weighted by Gasteiger charge is -2.36. The molecule has 22 heavy (non-hydrogen) atoms. The van der Waals surface area contributed by atoms with Gasteiger partial charge in [-0.2, -0.15) is 0 Å². The van der Waals surface area contributed by atoms with Crippen LogP contribution in [0.3, 0.4) is 0 Å². The summed E-state index contributed by atoms with van der Waals surface area (Å²) in [7, 11) is 0. The van der Waals surface area contributed by atoms with Gasteiger partial charge < -0.3 is 15.1 Å². The van der Waals surface area contributed by atoms with Gasteiger partial charge in [-0.25, -0.2) is 0 Å². The normalized spacial score (nSPS) is 22.0. The van der Waals surface area contributed by atoms with Crippen LogP contribution in [0.15, 0.2) is 28.7 Å². The zero-order chi connectivity index (χ0) is 15.5. The number of nitrogens with one attached hydrogen (secondary N) is 1. The quantitative estimate of drug-likeness (QED) is 0.863. The number of carbonyl (C=O) groups is 2. The number of benzene rings is 1. The van der Waals surface area contributed by atoms with Gasteiger partial charge in [-0.3, -0.25) is 9.59 Å². The summed E-state index contributed by atoms with van der Waals surface area (Å²) < 4.78 is 0.962.